The van der Waals surface area contributed by atoms with Gasteiger partial charge in [-0.05, 0) is 54.1 Å². The Labute approximate surface area is 226 Å². The van der Waals surface area contributed by atoms with Gasteiger partial charge in [0.15, 0.2) is 0 Å². The topological polar surface area (TPSA) is 113 Å². The van der Waals surface area contributed by atoms with Gasteiger partial charge in [0.2, 0.25) is 10.0 Å². The van der Waals surface area contributed by atoms with Gasteiger partial charge in [-0.2, -0.15) is 4.31 Å². The number of anilines is 1. The monoisotopic (exact) mass is 584 g/mol. The third kappa shape index (κ3) is 5.95. The van der Waals surface area contributed by atoms with E-state index in [1.165, 1.54) is 61.7 Å². The third-order valence-electron chi connectivity index (χ3n) is 5.91. The highest BCUT2D eigenvalue weighted by Gasteiger charge is 2.42. The van der Waals surface area contributed by atoms with Crippen molar-refractivity contribution < 1.29 is 45.8 Å². The molecule has 0 saturated carbocycles. The number of benzene rings is 3. The first-order chi connectivity index (χ1) is 18.3. The van der Waals surface area contributed by atoms with Crippen molar-refractivity contribution in [2.24, 2.45) is 0 Å². The number of ether oxygens (including phenoxy) is 2. The number of hydrogen-bond donors (Lipinski definition) is 1. The fourth-order valence-electron chi connectivity index (χ4n) is 4.09. The number of carbonyl (C=O) groups is 2. The van der Waals surface area contributed by atoms with Crippen LogP contribution in [-0.2, 0) is 21.4 Å². The molecule has 14 heteroatoms. The zero-order valence-corrected chi connectivity index (χ0v) is 21.6. The van der Waals surface area contributed by atoms with Gasteiger partial charge in [-0.1, -0.05) is 29.8 Å². The first-order valence-electron chi connectivity index (χ1n) is 11.2. The predicted octanol–water partition coefficient (Wildman–Crippen LogP) is 4.55. The summed E-state index contributed by atoms with van der Waals surface area (Å²) in [5.41, 5.74) is -0.285. The number of carboxylic acids is 1. The summed E-state index contributed by atoms with van der Waals surface area (Å²) >= 11 is 6.14. The van der Waals surface area contributed by atoms with E-state index in [9.17, 15) is 36.3 Å². The minimum atomic E-state index is -5.11. The number of amides is 1. The Bertz CT molecular complexity index is 1510. The maximum absolute atomic E-state index is 13.7. The van der Waals surface area contributed by atoms with E-state index in [1.807, 2.05) is 0 Å². The molecule has 39 heavy (non-hydrogen) atoms. The molecule has 0 fully saturated rings. The van der Waals surface area contributed by atoms with Crippen molar-refractivity contribution in [1.29, 1.82) is 0 Å². The van der Waals surface area contributed by atoms with Gasteiger partial charge in [-0.3, -0.25) is 9.59 Å². The Morgan fingerprint density at radius 1 is 1.05 bits per heavy atom. The third-order valence-corrected chi connectivity index (χ3v) is 8.01. The first-order valence-corrected chi connectivity index (χ1v) is 13.0. The van der Waals surface area contributed by atoms with E-state index in [1.54, 1.807) is 0 Å². The Morgan fingerprint density at radius 3 is 2.33 bits per heavy atom. The van der Waals surface area contributed by atoms with Gasteiger partial charge in [0.25, 0.3) is 5.91 Å². The summed E-state index contributed by atoms with van der Waals surface area (Å²) in [4.78, 5) is 26.7. The number of rotatable bonds is 6. The number of aliphatic carboxylic acids is 1. The highest BCUT2D eigenvalue weighted by molar-refractivity contribution is 7.89. The van der Waals surface area contributed by atoms with E-state index in [0.29, 0.717) is 5.75 Å². The molecule has 3 aromatic rings. The van der Waals surface area contributed by atoms with E-state index in [2.05, 4.69) is 4.74 Å². The Balaban J connectivity index is 1.84. The Hall–Kier alpha value is -3.81. The number of hydrogen-bond acceptors (Lipinski definition) is 6. The summed E-state index contributed by atoms with van der Waals surface area (Å²) in [7, 11) is -3.06. The quantitative estimate of drug-likeness (QED) is 0.452. The van der Waals surface area contributed by atoms with E-state index >= 15 is 0 Å². The van der Waals surface area contributed by atoms with E-state index < -0.39 is 58.7 Å². The molecule has 1 aliphatic heterocycles. The number of nitrogens with zero attached hydrogens (tertiary/aromatic N) is 2. The molecule has 0 aliphatic carbocycles. The van der Waals surface area contributed by atoms with Gasteiger partial charge in [-0.25, -0.2) is 8.42 Å². The van der Waals surface area contributed by atoms with Crippen LogP contribution in [-0.4, -0.2) is 55.8 Å². The Morgan fingerprint density at radius 2 is 1.72 bits per heavy atom. The minimum absolute atomic E-state index is 0.0352. The summed E-state index contributed by atoms with van der Waals surface area (Å²) in [6, 6.07) is 12.2. The molecule has 0 aromatic heterocycles. The molecule has 0 saturated heterocycles. The zero-order valence-electron chi connectivity index (χ0n) is 20.1. The van der Waals surface area contributed by atoms with Gasteiger partial charge in [0.05, 0.1) is 29.8 Å². The van der Waals surface area contributed by atoms with Crippen LogP contribution >= 0.6 is 11.6 Å². The number of carboxylic acid groups (broad SMARTS) is 1. The lowest BCUT2D eigenvalue weighted by Crippen LogP contribution is -2.50. The summed E-state index contributed by atoms with van der Waals surface area (Å²) in [6.07, 6.45) is -5.11. The molecular formula is C25H20ClF3N2O7S. The fraction of sp³-hybridized carbons (Fsp3) is 0.200. The normalized spacial score (nSPS) is 16.2. The lowest BCUT2D eigenvalue weighted by atomic mass is 10.1. The summed E-state index contributed by atoms with van der Waals surface area (Å²) in [5, 5.41) is 10.2. The molecule has 9 nitrogen and oxygen atoms in total. The molecule has 0 bridgehead atoms. The smallest absolute Gasteiger partial charge is 0.497 e. The van der Waals surface area contributed by atoms with Crippen LogP contribution in [0.15, 0.2) is 71.6 Å². The van der Waals surface area contributed by atoms with E-state index in [4.69, 9.17) is 16.3 Å². The molecule has 0 spiro atoms. The van der Waals surface area contributed by atoms with Crippen molar-refractivity contribution in [3.63, 3.8) is 0 Å². The van der Waals surface area contributed by atoms with Gasteiger partial charge < -0.3 is 19.5 Å². The number of para-hydroxylation sites is 1. The van der Waals surface area contributed by atoms with Crippen molar-refractivity contribution in [2.75, 3.05) is 18.6 Å². The highest BCUT2D eigenvalue weighted by Crippen LogP contribution is 2.36. The number of fused-ring (bicyclic) bond motifs is 1. The molecule has 1 N–H and O–H groups in total. The molecule has 4 rings (SSSR count). The lowest BCUT2D eigenvalue weighted by molar-refractivity contribution is -0.274. The van der Waals surface area contributed by atoms with Crippen molar-refractivity contribution >= 4 is 39.2 Å². The van der Waals surface area contributed by atoms with Crippen molar-refractivity contribution in [1.82, 2.24) is 4.31 Å². The van der Waals surface area contributed by atoms with E-state index in [-0.39, 0.29) is 21.2 Å². The molecule has 206 valence electrons. The number of halogens is 4. The molecule has 1 amide bonds. The number of carbonyl (C=O) groups excluding carboxylic acids is 1. The van der Waals surface area contributed by atoms with Crippen LogP contribution in [0.2, 0.25) is 5.02 Å². The van der Waals surface area contributed by atoms with Crippen LogP contribution in [0.5, 0.6) is 11.5 Å². The average molecular weight is 585 g/mol. The molecule has 1 atom stereocenters. The van der Waals surface area contributed by atoms with Crippen LogP contribution in [0.25, 0.3) is 0 Å². The number of methoxy groups -OCH3 is 1. The largest absolute Gasteiger partial charge is 0.573 e. The van der Waals surface area contributed by atoms with Gasteiger partial charge in [-0.15, -0.1) is 13.2 Å². The molecule has 0 radical (unpaired) electrons. The second kappa shape index (κ2) is 10.8. The lowest BCUT2D eigenvalue weighted by Gasteiger charge is -2.28. The fourth-order valence-corrected chi connectivity index (χ4v) is 5.81. The van der Waals surface area contributed by atoms with Crippen LogP contribution in [0.4, 0.5) is 18.9 Å². The SMILES string of the molecule is COc1ccc(S(=O)(=O)N2Cc3ccc(Cl)cc3N(C(=O)c3ccccc3OC(F)(F)F)CC2C(=O)O)cc1. The molecule has 3 aromatic carbocycles. The summed E-state index contributed by atoms with van der Waals surface area (Å²) < 4.78 is 76.1. The maximum atomic E-state index is 13.7. The van der Waals surface area contributed by atoms with Gasteiger partial charge in [0, 0.05) is 11.6 Å². The highest BCUT2D eigenvalue weighted by atomic mass is 35.5. The summed E-state index contributed by atoms with van der Waals surface area (Å²) in [6.45, 7) is -1.21. The molecule has 1 heterocycles. The first kappa shape index (κ1) is 28.2. The van der Waals surface area contributed by atoms with Crippen LogP contribution in [0, 0.1) is 0 Å². The molecular weight excluding hydrogens is 565 g/mol. The van der Waals surface area contributed by atoms with Crippen LogP contribution < -0.4 is 14.4 Å². The number of alkyl halides is 3. The molecule has 1 aliphatic rings. The standard InChI is InChI=1S/C25H20ClF3N2O7S/c1-37-17-8-10-18(11-9-17)39(35,36)31-13-15-6-7-16(26)12-20(15)30(14-21(31)24(33)34)23(32)19-4-2-3-5-22(19)38-25(27,28)29/h2-12,21H,13-14H2,1H3,(H,33,34). The minimum Gasteiger partial charge on any atom is -0.497 e. The van der Waals surface area contributed by atoms with Crippen LogP contribution in [0.3, 0.4) is 0 Å². The maximum Gasteiger partial charge on any atom is 0.573 e. The molecule has 1 unspecified atom stereocenters. The van der Waals surface area contributed by atoms with Crippen molar-refractivity contribution in [3.05, 3.63) is 82.9 Å². The zero-order chi connectivity index (χ0) is 28.5. The van der Waals surface area contributed by atoms with E-state index in [0.717, 1.165) is 21.3 Å². The van der Waals surface area contributed by atoms with Gasteiger partial charge >= 0.3 is 12.3 Å². The Kier molecular flexibility index (Phi) is 7.77. The van der Waals surface area contributed by atoms with Crippen molar-refractivity contribution in [2.45, 2.75) is 23.8 Å². The van der Waals surface area contributed by atoms with Gasteiger partial charge in [0.1, 0.15) is 17.5 Å². The average Bonchev–Trinajstić information content (AvgIpc) is 3.05. The van der Waals surface area contributed by atoms with Crippen molar-refractivity contribution in [3.8, 4) is 11.5 Å². The predicted molar refractivity (Wildman–Crippen MR) is 133 cm³/mol. The van der Waals surface area contributed by atoms with Crippen LogP contribution in [0.1, 0.15) is 15.9 Å². The second-order valence-electron chi connectivity index (χ2n) is 8.31. The number of sulfonamides is 1. The second-order valence-corrected chi connectivity index (χ2v) is 10.6. The summed E-state index contributed by atoms with van der Waals surface area (Å²) in [5.74, 6) is -3.06.